The summed E-state index contributed by atoms with van der Waals surface area (Å²) in [4.78, 5) is 2.38. The van der Waals surface area contributed by atoms with Crippen LogP contribution in [0, 0.1) is 0 Å². The summed E-state index contributed by atoms with van der Waals surface area (Å²) >= 11 is 3.39. The smallest absolute Gasteiger partial charge is 0.211 e. The molecule has 0 saturated carbocycles. The van der Waals surface area contributed by atoms with Gasteiger partial charge in [-0.1, -0.05) is 48.8 Å². The van der Waals surface area contributed by atoms with Crippen LogP contribution in [0.3, 0.4) is 0 Å². The summed E-state index contributed by atoms with van der Waals surface area (Å²) < 4.78 is 25.4. The maximum Gasteiger partial charge on any atom is 0.211 e. The lowest BCUT2D eigenvalue weighted by atomic mass is 9.99. The van der Waals surface area contributed by atoms with Crippen molar-refractivity contribution in [1.29, 1.82) is 0 Å². The van der Waals surface area contributed by atoms with Gasteiger partial charge in [0.1, 0.15) is 0 Å². The number of halogens is 1. The number of benzene rings is 1. The first kappa shape index (κ1) is 20.6. The van der Waals surface area contributed by atoms with Crippen LogP contribution < -0.4 is 0 Å². The van der Waals surface area contributed by atoms with E-state index < -0.39 is 10.0 Å². The molecule has 4 nitrogen and oxygen atoms in total. The average Bonchev–Trinajstić information content (AvgIpc) is 3.00. The Morgan fingerprint density at radius 1 is 1.13 bits per heavy atom. The summed E-state index contributed by atoms with van der Waals surface area (Å²) in [6.07, 6.45) is 2.19. The fourth-order valence-electron chi connectivity index (χ4n) is 2.71. The summed E-state index contributed by atoms with van der Waals surface area (Å²) in [5.41, 5.74) is 1.22. The van der Waals surface area contributed by atoms with E-state index in [0.29, 0.717) is 19.0 Å². The molecule has 132 valence electrons. The van der Waals surface area contributed by atoms with Crippen molar-refractivity contribution in [2.24, 2.45) is 0 Å². The lowest BCUT2D eigenvalue weighted by molar-refractivity contribution is 0.321. The first-order valence-electron chi connectivity index (χ1n) is 8.24. The molecule has 1 heterocycles. The Morgan fingerprint density at radius 2 is 1.65 bits per heavy atom. The molecule has 23 heavy (non-hydrogen) atoms. The van der Waals surface area contributed by atoms with Crippen LogP contribution in [0.5, 0.6) is 0 Å². The Balaban J connectivity index is 0.000000322. The molecule has 0 aromatic heterocycles. The molecule has 0 bridgehead atoms. The molecule has 1 aliphatic rings. The maximum absolute atomic E-state index is 11.4. The van der Waals surface area contributed by atoms with Crippen molar-refractivity contribution in [3.05, 3.63) is 34.3 Å². The highest BCUT2D eigenvalue weighted by molar-refractivity contribution is 9.10. The molecular weight excluding hydrogens is 376 g/mol. The van der Waals surface area contributed by atoms with Crippen LogP contribution in [0.2, 0.25) is 0 Å². The number of rotatable bonds is 5. The molecular formula is C17H29BrN2O2S. The van der Waals surface area contributed by atoms with Crippen LogP contribution in [-0.2, 0) is 10.0 Å². The molecule has 1 atom stereocenters. The van der Waals surface area contributed by atoms with Gasteiger partial charge in [0.15, 0.2) is 0 Å². The van der Waals surface area contributed by atoms with Gasteiger partial charge in [-0.05, 0) is 49.7 Å². The first-order chi connectivity index (χ1) is 10.8. The fourth-order valence-corrected chi connectivity index (χ4v) is 3.86. The lowest BCUT2D eigenvalue weighted by Crippen LogP contribution is -2.27. The Hall–Kier alpha value is -0.430. The number of hydrogen-bond donors (Lipinski definition) is 0. The van der Waals surface area contributed by atoms with E-state index in [1.807, 2.05) is 12.1 Å². The van der Waals surface area contributed by atoms with E-state index in [4.69, 9.17) is 0 Å². The van der Waals surface area contributed by atoms with E-state index >= 15 is 0 Å². The summed E-state index contributed by atoms with van der Waals surface area (Å²) in [6.45, 7) is 11.4. The topological polar surface area (TPSA) is 40.6 Å². The van der Waals surface area contributed by atoms with Crippen molar-refractivity contribution in [2.75, 3.05) is 39.0 Å². The highest BCUT2D eigenvalue weighted by Gasteiger charge is 2.29. The van der Waals surface area contributed by atoms with Crippen molar-refractivity contribution in [3.63, 3.8) is 0 Å². The zero-order chi connectivity index (χ0) is 17.5. The first-order valence-corrected chi connectivity index (χ1v) is 10.9. The van der Waals surface area contributed by atoms with Gasteiger partial charge in [-0.2, -0.15) is 0 Å². The Bertz CT molecular complexity index is 551. The minimum Gasteiger partial charge on any atom is -0.304 e. The van der Waals surface area contributed by atoms with Gasteiger partial charge in [0.05, 0.1) is 6.26 Å². The molecule has 1 aromatic carbocycles. The molecule has 0 spiro atoms. The maximum atomic E-state index is 11.4. The van der Waals surface area contributed by atoms with E-state index in [-0.39, 0.29) is 0 Å². The number of sulfonamides is 1. The van der Waals surface area contributed by atoms with Crippen LogP contribution in [0.4, 0.5) is 0 Å². The Morgan fingerprint density at radius 3 is 2.00 bits per heavy atom. The van der Waals surface area contributed by atoms with Crippen LogP contribution >= 0.6 is 15.9 Å². The molecule has 0 aliphatic carbocycles. The minimum absolute atomic E-state index is 0.336. The second kappa shape index (κ2) is 9.77. The Kier molecular flexibility index (Phi) is 8.75. The van der Waals surface area contributed by atoms with E-state index in [1.54, 1.807) is 4.31 Å². The van der Waals surface area contributed by atoms with Crippen molar-refractivity contribution < 1.29 is 8.42 Å². The molecule has 0 radical (unpaired) electrons. The van der Waals surface area contributed by atoms with Crippen molar-refractivity contribution in [2.45, 2.75) is 33.1 Å². The molecule has 1 aliphatic heterocycles. The zero-order valence-corrected chi connectivity index (χ0v) is 17.0. The molecule has 0 N–H and O–H groups in total. The predicted octanol–water partition coefficient (Wildman–Crippen LogP) is 3.55. The van der Waals surface area contributed by atoms with Gasteiger partial charge in [-0.25, -0.2) is 12.7 Å². The molecule has 1 unspecified atom stereocenters. The third-order valence-corrected chi connectivity index (χ3v) is 6.10. The molecule has 1 fully saturated rings. The molecule has 6 heteroatoms. The second-order valence-corrected chi connectivity index (χ2v) is 8.68. The van der Waals surface area contributed by atoms with E-state index in [1.165, 1.54) is 31.5 Å². The number of hydrogen-bond acceptors (Lipinski definition) is 3. The normalized spacial score (nSPS) is 18.8. The van der Waals surface area contributed by atoms with Crippen LogP contribution in [-0.4, -0.2) is 56.6 Å². The van der Waals surface area contributed by atoms with E-state index in [9.17, 15) is 8.42 Å². The van der Waals surface area contributed by atoms with Gasteiger partial charge >= 0.3 is 0 Å². The van der Waals surface area contributed by atoms with Gasteiger partial charge in [-0.3, -0.25) is 0 Å². The van der Waals surface area contributed by atoms with Crippen LogP contribution in [0.1, 0.15) is 38.7 Å². The number of nitrogens with zero attached hydrogens (tertiary/aromatic N) is 2. The quantitative estimate of drug-likeness (QED) is 0.753. The SMILES string of the molecule is CCN(CC)CC.CS(=O)(=O)N1CCC(c2ccc(Br)cc2)C1. The van der Waals surface area contributed by atoms with Crippen LogP contribution in [0.15, 0.2) is 28.7 Å². The Labute approximate surface area is 150 Å². The molecule has 1 aromatic rings. The summed E-state index contributed by atoms with van der Waals surface area (Å²) in [7, 11) is -3.03. The van der Waals surface area contributed by atoms with Gasteiger partial charge in [-0.15, -0.1) is 0 Å². The average molecular weight is 405 g/mol. The van der Waals surface area contributed by atoms with Crippen LogP contribution in [0.25, 0.3) is 0 Å². The summed E-state index contributed by atoms with van der Waals surface area (Å²) in [5.74, 6) is 0.336. The largest absolute Gasteiger partial charge is 0.304 e. The second-order valence-electron chi connectivity index (χ2n) is 5.78. The highest BCUT2D eigenvalue weighted by atomic mass is 79.9. The summed E-state index contributed by atoms with van der Waals surface area (Å²) in [6, 6.07) is 8.11. The van der Waals surface area contributed by atoms with Gasteiger partial charge in [0.2, 0.25) is 10.0 Å². The molecule has 1 saturated heterocycles. The molecule has 0 amide bonds. The highest BCUT2D eigenvalue weighted by Crippen LogP contribution is 2.29. The predicted molar refractivity (Wildman–Crippen MR) is 101 cm³/mol. The van der Waals surface area contributed by atoms with Crippen molar-refractivity contribution >= 4 is 26.0 Å². The lowest BCUT2D eigenvalue weighted by Gasteiger charge is -2.13. The summed E-state index contributed by atoms with van der Waals surface area (Å²) in [5, 5.41) is 0. The van der Waals surface area contributed by atoms with Gasteiger partial charge in [0.25, 0.3) is 0 Å². The molecule has 2 rings (SSSR count). The van der Waals surface area contributed by atoms with Gasteiger partial charge < -0.3 is 4.90 Å². The zero-order valence-electron chi connectivity index (χ0n) is 14.6. The third-order valence-electron chi connectivity index (χ3n) is 4.30. The monoisotopic (exact) mass is 404 g/mol. The third kappa shape index (κ3) is 6.91. The minimum atomic E-state index is -3.03. The van der Waals surface area contributed by atoms with Crippen molar-refractivity contribution in [3.8, 4) is 0 Å². The standard InChI is InChI=1S/C11H14BrNO2S.C6H15N/c1-16(14,15)13-7-6-10(8-13)9-2-4-11(12)5-3-9;1-4-7(5-2)6-3/h2-5,10H,6-8H2,1H3;4-6H2,1-3H3. The van der Waals surface area contributed by atoms with Crippen molar-refractivity contribution in [1.82, 2.24) is 9.21 Å². The fraction of sp³-hybridized carbons (Fsp3) is 0.647. The van der Waals surface area contributed by atoms with E-state index in [2.05, 4.69) is 53.7 Å². The van der Waals surface area contributed by atoms with Gasteiger partial charge in [0, 0.05) is 17.6 Å². The van der Waals surface area contributed by atoms with E-state index in [0.717, 1.165) is 10.9 Å².